The van der Waals surface area contributed by atoms with Crippen molar-refractivity contribution >= 4 is 8.37 Å². The van der Waals surface area contributed by atoms with Crippen molar-refractivity contribution in [3.05, 3.63) is 38.0 Å². The van der Waals surface area contributed by atoms with E-state index in [1.54, 1.807) is 0 Å². The molecule has 0 aromatic heterocycles. The summed E-state index contributed by atoms with van der Waals surface area (Å²) in [5.74, 6) is 0. The number of rotatable bonds is 6. The molecule has 2 bridgehead atoms. The predicted octanol–water partition coefficient (Wildman–Crippen LogP) is 2.01. The van der Waals surface area contributed by atoms with Crippen LogP contribution in [0.1, 0.15) is 0 Å². The van der Waals surface area contributed by atoms with Gasteiger partial charge in [0.25, 0.3) is 0 Å². The van der Waals surface area contributed by atoms with Crippen LogP contribution in [0.4, 0.5) is 0 Å². The molecule has 0 aliphatic carbocycles. The van der Waals surface area contributed by atoms with Gasteiger partial charge in [0.2, 0.25) is 0 Å². The summed E-state index contributed by atoms with van der Waals surface area (Å²) in [6.07, 6.45) is 6.09. The molecule has 0 atom stereocenters. The first kappa shape index (κ1) is 15.9. The van der Waals surface area contributed by atoms with Crippen LogP contribution in [0.25, 0.3) is 0 Å². The molecule has 0 aromatic rings. The van der Waals surface area contributed by atoms with Crippen molar-refractivity contribution in [2.45, 2.75) is 0 Å². The zero-order valence-electron chi connectivity index (χ0n) is 12.5. The molecule has 0 saturated carbocycles. The zero-order chi connectivity index (χ0) is 14.4. The number of hydrogen-bond acceptors (Lipinski definition) is 4. The van der Waals surface area contributed by atoms with Crippen LogP contribution in [0, 0.1) is 0 Å². The first-order valence-corrected chi connectivity index (χ1v) is 8.60. The van der Waals surface area contributed by atoms with Gasteiger partial charge in [-0.3, -0.25) is 18.9 Å². The Morgan fingerprint density at radius 2 is 1.00 bits per heavy atom. The summed E-state index contributed by atoms with van der Waals surface area (Å²) in [5, 5.41) is 0. The quantitative estimate of drug-likeness (QED) is 0.549. The van der Waals surface area contributed by atoms with Crippen LogP contribution in [0.2, 0.25) is 0 Å². The SMILES string of the molecule is C=CCN1CCN2CCN(CC=C)P1N(CC=C)CC2. The third-order valence-corrected chi connectivity index (χ3v) is 6.41. The summed E-state index contributed by atoms with van der Waals surface area (Å²) in [7, 11) is -0.426. The van der Waals surface area contributed by atoms with Gasteiger partial charge in [0, 0.05) is 58.9 Å². The summed E-state index contributed by atoms with van der Waals surface area (Å²) in [5.41, 5.74) is 0. The lowest BCUT2D eigenvalue weighted by atomic mass is 10.4. The zero-order valence-corrected chi connectivity index (χ0v) is 13.3. The van der Waals surface area contributed by atoms with E-state index in [1.807, 2.05) is 18.2 Å². The van der Waals surface area contributed by atoms with Crippen LogP contribution in [0.15, 0.2) is 38.0 Å². The van der Waals surface area contributed by atoms with Crippen LogP contribution < -0.4 is 0 Å². The van der Waals surface area contributed by atoms with Crippen molar-refractivity contribution in [1.82, 2.24) is 18.9 Å². The van der Waals surface area contributed by atoms with Gasteiger partial charge in [-0.05, 0) is 0 Å². The molecule has 0 N–H and O–H groups in total. The van der Waals surface area contributed by atoms with Gasteiger partial charge in [0.1, 0.15) is 8.37 Å². The lowest BCUT2D eigenvalue weighted by Crippen LogP contribution is -2.52. The van der Waals surface area contributed by atoms with E-state index in [4.69, 9.17) is 0 Å². The molecule has 3 fully saturated rings. The van der Waals surface area contributed by atoms with Crippen LogP contribution in [0.5, 0.6) is 0 Å². The van der Waals surface area contributed by atoms with Crippen molar-refractivity contribution in [3.63, 3.8) is 0 Å². The van der Waals surface area contributed by atoms with Gasteiger partial charge >= 0.3 is 0 Å². The molecule has 0 aromatic carbocycles. The highest BCUT2D eigenvalue weighted by Gasteiger charge is 2.34. The van der Waals surface area contributed by atoms with Crippen LogP contribution in [-0.4, -0.2) is 77.8 Å². The molecule has 3 saturated heterocycles. The third-order valence-electron chi connectivity index (χ3n) is 3.80. The Hall–Kier alpha value is -0.510. The van der Waals surface area contributed by atoms with Gasteiger partial charge in [-0.15, -0.1) is 19.7 Å². The Morgan fingerprint density at radius 1 is 0.650 bits per heavy atom. The van der Waals surface area contributed by atoms with Crippen LogP contribution >= 0.6 is 8.37 Å². The molecule has 4 nitrogen and oxygen atoms in total. The molecule has 3 aliphatic rings. The fraction of sp³-hybridized carbons (Fsp3) is 0.600. The number of fused-ring (bicyclic) bond motifs is 6. The van der Waals surface area contributed by atoms with E-state index in [0.717, 1.165) is 39.3 Å². The largest absolute Gasteiger partial charge is 0.299 e. The first-order chi connectivity index (χ1) is 9.80. The van der Waals surface area contributed by atoms with Crippen molar-refractivity contribution in [1.29, 1.82) is 0 Å². The van der Waals surface area contributed by atoms with E-state index < -0.39 is 8.37 Å². The topological polar surface area (TPSA) is 13.0 Å². The molecule has 3 rings (SSSR count). The Bertz CT molecular complexity index is 294. The van der Waals surface area contributed by atoms with E-state index in [1.165, 1.54) is 19.6 Å². The predicted molar refractivity (Wildman–Crippen MR) is 88.7 cm³/mol. The molecule has 3 aliphatic heterocycles. The molecular weight excluding hydrogens is 267 g/mol. The van der Waals surface area contributed by atoms with Crippen molar-refractivity contribution in [2.24, 2.45) is 0 Å². The molecule has 5 heteroatoms. The molecule has 0 spiro atoms. The Balaban J connectivity index is 2.26. The normalized spacial score (nSPS) is 29.4. The van der Waals surface area contributed by atoms with E-state index in [2.05, 4.69) is 38.6 Å². The van der Waals surface area contributed by atoms with E-state index in [9.17, 15) is 0 Å². The van der Waals surface area contributed by atoms with Gasteiger partial charge in [-0.1, -0.05) is 18.2 Å². The van der Waals surface area contributed by atoms with E-state index in [-0.39, 0.29) is 0 Å². The maximum Gasteiger partial charge on any atom is 0.121 e. The molecular formula is C15H27N4P. The van der Waals surface area contributed by atoms with Gasteiger partial charge in [-0.2, -0.15) is 0 Å². The highest BCUT2D eigenvalue weighted by Crippen LogP contribution is 2.49. The van der Waals surface area contributed by atoms with E-state index >= 15 is 0 Å². The molecule has 0 amide bonds. The highest BCUT2D eigenvalue weighted by molar-refractivity contribution is 7.50. The highest BCUT2D eigenvalue weighted by atomic mass is 31.2. The van der Waals surface area contributed by atoms with Crippen molar-refractivity contribution < 1.29 is 0 Å². The first-order valence-electron chi connectivity index (χ1n) is 7.40. The minimum Gasteiger partial charge on any atom is -0.299 e. The second-order valence-electron chi connectivity index (χ2n) is 5.21. The summed E-state index contributed by atoms with van der Waals surface area (Å²) < 4.78 is 7.75. The molecule has 20 heavy (non-hydrogen) atoms. The molecule has 0 unspecified atom stereocenters. The molecule has 0 radical (unpaired) electrons. The third kappa shape index (κ3) is 3.78. The van der Waals surface area contributed by atoms with Crippen molar-refractivity contribution in [3.8, 4) is 0 Å². The Morgan fingerprint density at radius 3 is 1.30 bits per heavy atom. The standard InChI is InChI=1S/C15H27N4P/c1-4-7-17-13-10-16-11-14-18(8-5-2)20(17)19(9-6-3)15-12-16/h4-6H,1-3,7-15H2. The fourth-order valence-corrected chi connectivity index (χ4v) is 5.51. The summed E-state index contributed by atoms with van der Waals surface area (Å²) in [4.78, 5) is 2.58. The van der Waals surface area contributed by atoms with Gasteiger partial charge < -0.3 is 0 Å². The molecule has 112 valence electrons. The maximum atomic E-state index is 3.93. The van der Waals surface area contributed by atoms with Crippen LogP contribution in [-0.2, 0) is 0 Å². The summed E-state index contributed by atoms with van der Waals surface area (Å²) in [6.45, 7) is 21.6. The second kappa shape index (κ2) is 8.06. The smallest absolute Gasteiger partial charge is 0.121 e. The minimum atomic E-state index is -0.426. The average molecular weight is 294 g/mol. The monoisotopic (exact) mass is 294 g/mol. The van der Waals surface area contributed by atoms with Crippen LogP contribution in [0.3, 0.4) is 0 Å². The van der Waals surface area contributed by atoms with Gasteiger partial charge in [0.05, 0.1) is 0 Å². The lowest BCUT2D eigenvalue weighted by molar-refractivity contribution is 0.176. The second-order valence-corrected chi connectivity index (χ2v) is 7.45. The summed E-state index contributed by atoms with van der Waals surface area (Å²) >= 11 is 0. The average Bonchev–Trinajstić information content (AvgIpc) is 2.40. The minimum absolute atomic E-state index is 0.426. The van der Waals surface area contributed by atoms with Crippen molar-refractivity contribution in [2.75, 3.05) is 58.9 Å². The lowest BCUT2D eigenvalue weighted by Gasteiger charge is -2.49. The van der Waals surface area contributed by atoms with E-state index in [0.29, 0.717) is 0 Å². The summed E-state index contributed by atoms with van der Waals surface area (Å²) in [6, 6.07) is 0. The Kier molecular flexibility index (Phi) is 6.40. The maximum absolute atomic E-state index is 3.93. The van der Waals surface area contributed by atoms with Gasteiger partial charge in [0.15, 0.2) is 0 Å². The van der Waals surface area contributed by atoms with Gasteiger partial charge in [-0.25, -0.2) is 0 Å². The molecule has 3 heterocycles. The Labute approximate surface area is 124 Å². The number of hydrogen-bond donors (Lipinski definition) is 0. The number of nitrogens with zero attached hydrogens (tertiary/aromatic N) is 4. The fourth-order valence-electron chi connectivity index (χ4n) is 2.85.